The van der Waals surface area contributed by atoms with Crippen molar-refractivity contribution in [1.82, 2.24) is 15.2 Å². The molecule has 2 aromatic rings. The van der Waals surface area contributed by atoms with E-state index in [0.29, 0.717) is 40.6 Å². The maximum absolute atomic E-state index is 14.6. The van der Waals surface area contributed by atoms with E-state index >= 15 is 0 Å². The molecule has 2 atom stereocenters. The van der Waals surface area contributed by atoms with Gasteiger partial charge in [-0.05, 0) is 70.1 Å². The summed E-state index contributed by atoms with van der Waals surface area (Å²) < 4.78 is 29.1. The molecule has 0 saturated heterocycles. The number of pyridine rings is 1. The van der Waals surface area contributed by atoms with Crippen LogP contribution in [0, 0.1) is 5.41 Å². The second kappa shape index (κ2) is 10.8. The minimum Gasteiger partial charge on any atom is -0.366 e. The molecule has 1 unspecified atom stereocenters. The van der Waals surface area contributed by atoms with Crippen LogP contribution in [0.3, 0.4) is 0 Å². The molecule has 1 aliphatic carbocycles. The Kier molecular flexibility index (Phi) is 8.40. The quantitative estimate of drug-likeness (QED) is 0.444. The van der Waals surface area contributed by atoms with E-state index in [4.69, 9.17) is 28.9 Å². The van der Waals surface area contributed by atoms with Crippen molar-refractivity contribution in [3.8, 4) is 0 Å². The minimum atomic E-state index is -2.95. The van der Waals surface area contributed by atoms with Crippen LogP contribution >= 0.6 is 23.2 Å². The van der Waals surface area contributed by atoms with Gasteiger partial charge in [0.2, 0.25) is 11.8 Å². The number of nitrogens with zero attached hydrogens (tertiary/aromatic N) is 2. The van der Waals surface area contributed by atoms with Crippen LogP contribution in [-0.2, 0) is 11.2 Å². The molecule has 35 heavy (non-hydrogen) atoms. The van der Waals surface area contributed by atoms with Gasteiger partial charge in [-0.3, -0.25) is 14.6 Å². The van der Waals surface area contributed by atoms with Crippen molar-refractivity contribution in [2.45, 2.75) is 50.5 Å². The van der Waals surface area contributed by atoms with Crippen molar-refractivity contribution in [3.05, 3.63) is 63.4 Å². The lowest BCUT2D eigenvalue weighted by molar-refractivity contribution is -0.124. The number of nitrogens with one attached hydrogen (secondary N) is 1. The van der Waals surface area contributed by atoms with Crippen molar-refractivity contribution in [2.75, 3.05) is 20.6 Å². The molecule has 190 valence electrons. The number of hydrogen-bond donors (Lipinski definition) is 2. The number of halogens is 4. The number of amides is 2. The van der Waals surface area contributed by atoms with E-state index in [1.165, 1.54) is 12.3 Å². The number of alkyl halides is 2. The number of rotatable bonds is 11. The first-order chi connectivity index (χ1) is 16.3. The summed E-state index contributed by atoms with van der Waals surface area (Å²) in [5.41, 5.74) is 5.57. The average Bonchev–Trinajstić information content (AvgIpc) is 3.58. The Labute approximate surface area is 214 Å². The van der Waals surface area contributed by atoms with Gasteiger partial charge in [0.05, 0.1) is 5.02 Å². The van der Waals surface area contributed by atoms with E-state index in [2.05, 4.69) is 10.3 Å². The Hall–Kier alpha value is -2.29. The highest BCUT2D eigenvalue weighted by Gasteiger charge is 2.64. The fraction of sp³-hybridized carbons (Fsp3) is 0.480. The largest absolute Gasteiger partial charge is 0.366 e. The van der Waals surface area contributed by atoms with Gasteiger partial charge in [-0.25, -0.2) is 8.78 Å². The van der Waals surface area contributed by atoms with Crippen LogP contribution in [0.25, 0.3) is 0 Å². The van der Waals surface area contributed by atoms with Crippen LogP contribution in [0.15, 0.2) is 36.5 Å². The molecule has 6 nitrogen and oxygen atoms in total. The van der Waals surface area contributed by atoms with Crippen molar-refractivity contribution in [3.63, 3.8) is 0 Å². The summed E-state index contributed by atoms with van der Waals surface area (Å²) in [7, 11) is 3.75. The molecule has 0 spiro atoms. The first kappa shape index (κ1) is 27.3. The van der Waals surface area contributed by atoms with E-state index < -0.39 is 23.2 Å². The molecular weight excluding hydrogens is 497 g/mol. The summed E-state index contributed by atoms with van der Waals surface area (Å²) in [6.45, 7) is 1.20. The van der Waals surface area contributed by atoms with Gasteiger partial charge in [0.25, 0.3) is 5.92 Å². The molecule has 1 aromatic heterocycles. The smallest absolute Gasteiger partial charge is 0.251 e. The zero-order valence-electron chi connectivity index (χ0n) is 20.0. The lowest BCUT2D eigenvalue weighted by atomic mass is 9.79. The second-order valence-electron chi connectivity index (χ2n) is 9.50. The van der Waals surface area contributed by atoms with Crippen molar-refractivity contribution in [2.24, 2.45) is 11.1 Å². The molecular formula is C25H30Cl2F2N4O2. The standard InChI is InChI=1S/C25H30Cl2F2N4O2/c1-24(28,29)25(8-9-25)19(21-7-6-17(26)13-31-21)12-22(34)32-14-18(33(2)3)10-15-4-5-16(23(30)35)11-20(15)27/h4-7,11,13,18-19H,8-10,12,14H2,1-3H3,(H2,30,35)(H,32,34)/t18-,19?/m0/s1. The highest BCUT2D eigenvalue weighted by molar-refractivity contribution is 6.31. The van der Waals surface area contributed by atoms with Crippen LogP contribution in [0.4, 0.5) is 8.78 Å². The lowest BCUT2D eigenvalue weighted by Crippen LogP contribution is -2.43. The van der Waals surface area contributed by atoms with E-state index in [1.807, 2.05) is 19.0 Å². The van der Waals surface area contributed by atoms with E-state index in [1.54, 1.807) is 24.3 Å². The molecule has 1 aliphatic rings. The Balaban J connectivity index is 1.71. The number of benzene rings is 1. The molecule has 0 bridgehead atoms. The predicted molar refractivity (Wildman–Crippen MR) is 133 cm³/mol. The number of primary amides is 1. The highest BCUT2D eigenvalue weighted by Crippen LogP contribution is 2.65. The number of carbonyl (C=O) groups is 2. The average molecular weight is 527 g/mol. The lowest BCUT2D eigenvalue weighted by Gasteiger charge is -2.32. The SMILES string of the molecule is CN(C)[C@H](CNC(=O)CC(c1ccc(Cl)cn1)C1(C(C)(F)F)CC1)Cc1ccc(C(N)=O)cc1Cl. The van der Waals surface area contributed by atoms with Crippen molar-refractivity contribution in [1.29, 1.82) is 0 Å². The third-order valence-corrected chi connectivity index (χ3v) is 7.46. The molecule has 1 heterocycles. The molecule has 0 radical (unpaired) electrons. The minimum absolute atomic E-state index is 0.105. The summed E-state index contributed by atoms with van der Waals surface area (Å²) >= 11 is 12.3. The van der Waals surface area contributed by atoms with Gasteiger partial charge in [-0.2, -0.15) is 0 Å². The maximum atomic E-state index is 14.6. The topological polar surface area (TPSA) is 88.3 Å². The van der Waals surface area contributed by atoms with Crippen LogP contribution in [0.5, 0.6) is 0 Å². The number of aromatic nitrogens is 1. The number of carbonyl (C=O) groups excluding carboxylic acids is 2. The monoisotopic (exact) mass is 526 g/mol. The molecule has 3 rings (SSSR count). The number of hydrogen-bond acceptors (Lipinski definition) is 4. The molecule has 1 saturated carbocycles. The third-order valence-electron chi connectivity index (χ3n) is 6.89. The molecule has 1 fully saturated rings. The zero-order valence-corrected chi connectivity index (χ0v) is 21.5. The number of nitrogens with two attached hydrogens (primary N) is 1. The second-order valence-corrected chi connectivity index (χ2v) is 10.3. The summed E-state index contributed by atoms with van der Waals surface area (Å²) in [4.78, 5) is 30.5. The van der Waals surface area contributed by atoms with Crippen LogP contribution in [-0.4, -0.2) is 54.3 Å². The van der Waals surface area contributed by atoms with Crippen LogP contribution < -0.4 is 11.1 Å². The predicted octanol–water partition coefficient (Wildman–Crippen LogP) is 4.69. The third kappa shape index (κ3) is 6.48. The van der Waals surface area contributed by atoms with Gasteiger partial charge in [0, 0.05) is 52.8 Å². The van der Waals surface area contributed by atoms with E-state index in [-0.39, 0.29) is 24.9 Å². The molecule has 2 amide bonds. The van der Waals surface area contributed by atoms with Crippen molar-refractivity contribution < 1.29 is 18.4 Å². The Morgan fingerprint density at radius 3 is 2.40 bits per heavy atom. The molecule has 10 heteroatoms. The van der Waals surface area contributed by atoms with Gasteiger partial charge in [-0.15, -0.1) is 0 Å². The van der Waals surface area contributed by atoms with Crippen LogP contribution in [0.2, 0.25) is 10.0 Å². The first-order valence-corrected chi connectivity index (χ1v) is 12.1. The first-order valence-electron chi connectivity index (χ1n) is 11.3. The Morgan fingerprint density at radius 1 is 1.23 bits per heavy atom. The highest BCUT2D eigenvalue weighted by atomic mass is 35.5. The summed E-state index contributed by atoms with van der Waals surface area (Å²) in [6.07, 6.45) is 2.48. The van der Waals surface area contributed by atoms with Gasteiger partial charge in [0.1, 0.15) is 0 Å². The maximum Gasteiger partial charge on any atom is 0.251 e. The fourth-order valence-corrected chi connectivity index (χ4v) is 4.82. The van der Waals surface area contributed by atoms with E-state index in [0.717, 1.165) is 12.5 Å². The normalized spacial score (nSPS) is 16.6. The van der Waals surface area contributed by atoms with Crippen LogP contribution in [0.1, 0.15) is 53.7 Å². The Bertz CT molecular complexity index is 1070. The Morgan fingerprint density at radius 2 is 1.91 bits per heavy atom. The van der Waals surface area contributed by atoms with Gasteiger partial charge >= 0.3 is 0 Å². The van der Waals surface area contributed by atoms with Gasteiger partial charge in [0.15, 0.2) is 0 Å². The zero-order chi connectivity index (χ0) is 26.0. The summed E-state index contributed by atoms with van der Waals surface area (Å²) in [6, 6.07) is 7.97. The molecule has 0 aliphatic heterocycles. The van der Waals surface area contributed by atoms with Crippen molar-refractivity contribution >= 4 is 35.0 Å². The molecule has 1 aromatic carbocycles. The summed E-state index contributed by atoms with van der Waals surface area (Å²) in [5, 5.41) is 3.72. The van der Waals surface area contributed by atoms with Gasteiger partial charge < -0.3 is 16.0 Å². The number of likely N-dealkylation sites (N-methyl/N-ethyl adjacent to an activating group) is 1. The summed E-state index contributed by atoms with van der Waals surface area (Å²) in [5.74, 6) is -4.57. The molecule has 3 N–H and O–H groups in total. The fourth-order valence-electron chi connectivity index (χ4n) is 4.45. The van der Waals surface area contributed by atoms with Gasteiger partial charge in [-0.1, -0.05) is 29.3 Å². The van der Waals surface area contributed by atoms with E-state index in [9.17, 15) is 18.4 Å².